The molecule has 1 saturated heterocycles. The first kappa shape index (κ1) is 18.4. The lowest BCUT2D eigenvalue weighted by atomic mass is 10.2. The Morgan fingerprint density at radius 1 is 1.44 bits per heavy atom. The minimum atomic E-state index is -0.569. The molecule has 2 heterocycles. The third kappa shape index (κ3) is 4.84. The number of nitrogens with one attached hydrogen (secondary N) is 1. The van der Waals surface area contributed by atoms with E-state index in [1.807, 2.05) is 5.38 Å². The van der Waals surface area contributed by atoms with Gasteiger partial charge >= 0.3 is 0 Å². The molecule has 8 heteroatoms. The molecule has 2 atom stereocenters. The standard InChI is InChI=1S/C17H19BrFN3O2S/c1-10-6-22(7-11(2)24-10)8-13-9-25-17(20-13)21-16(23)14-4-3-12(18)5-15(14)19/h3-5,9-11H,6-8H2,1-2H3,(H,20,21,23)/t10-,11-/m1/s1. The number of ether oxygens (including phenoxy) is 1. The summed E-state index contributed by atoms with van der Waals surface area (Å²) in [4.78, 5) is 18.9. The molecule has 0 unspecified atom stereocenters. The SMILES string of the molecule is C[C@@H]1CN(Cc2csc(NC(=O)c3ccc(Br)cc3F)n2)C[C@@H](C)O1. The van der Waals surface area contributed by atoms with Crippen LogP contribution in [0.15, 0.2) is 28.1 Å². The highest BCUT2D eigenvalue weighted by molar-refractivity contribution is 9.10. The van der Waals surface area contributed by atoms with Crippen LogP contribution in [-0.2, 0) is 11.3 Å². The maximum Gasteiger partial charge on any atom is 0.260 e. The topological polar surface area (TPSA) is 54.5 Å². The van der Waals surface area contributed by atoms with Crippen LogP contribution in [0.4, 0.5) is 9.52 Å². The van der Waals surface area contributed by atoms with E-state index < -0.39 is 11.7 Å². The molecule has 2 aromatic rings. The van der Waals surface area contributed by atoms with Crippen molar-refractivity contribution in [1.82, 2.24) is 9.88 Å². The molecule has 25 heavy (non-hydrogen) atoms. The lowest BCUT2D eigenvalue weighted by molar-refractivity contribution is -0.0707. The van der Waals surface area contributed by atoms with Crippen LogP contribution in [0.5, 0.6) is 0 Å². The Bertz CT molecular complexity index is 760. The molecule has 1 N–H and O–H groups in total. The fourth-order valence-electron chi connectivity index (χ4n) is 2.92. The second-order valence-electron chi connectivity index (χ2n) is 6.17. The van der Waals surface area contributed by atoms with Crippen molar-refractivity contribution in [1.29, 1.82) is 0 Å². The number of morpholine rings is 1. The second-order valence-corrected chi connectivity index (χ2v) is 7.95. The van der Waals surface area contributed by atoms with Crippen molar-refractivity contribution in [3.05, 3.63) is 45.1 Å². The van der Waals surface area contributed by atoms with E-state index in [1.54, 1.807) is 6.07 Å². The first-order chi connectivity index (χ1) is 11.9. The van der Waals surface area contributed by atoms with Gasteiger partial charge in [0.1, 0.15) is 5.82 Å². The summed E-state index contributed by atoms with van der Waals surface area (Å²) in [6.07, 6.45) is 0.392. The van der Waals surface area contributed by atoms with Crippen molar-refractivity contribution in [3.8, 4) is 0 Å². The average Bonchev–Trinajstić information content (AvgIpc) is 2.92. The van der Waals surface area contributed by atoms with E-state index >= 15 is 0 Å². The Labute approximate surface area is 158 Å². The van der Waals surface area contributed by atoms with Crippen molar-refractivity contribution < 1.29 is 13.9 Å². The van der Waals surface area contributed by atoms with Gasteiger partial charge in [-0.25, -0.2) is 9.37 Å². The van der Waals surface area contributed by atoms with Crippen molar-refractivity contribution in [2.45, 2.75) is 32.6 Å². The lowest BCUT2D eigenvalue weighted by Crippen LogP contribution is -2.44. The zero-order valence-corrected chi connectivity index (χ0v) is 16.4. The van der Waals surface area contributed by atoms with Crippen LogP contribution in [0.2, 0.25) is 0 Å². The number of rotatable bonds is 4. The molecule has 1 aromatic heterocycles. The fourth-order valence-corrected chi connectivity index (χ4v) is 3.95. The first-order valence-electron chi connectivity index (χ1n) is 7.99. The summed E-state index contributed by atoms with van der Waals surface area (Å²) in [7, 11) is 0. The Morgan fingerprint density at radius 2 is 2.16 bits per heavy atom. The summed E-state index contributed by atoms with van der Waals surface area (Å²) in [5.74, 6) is -1.07. The summed E-state index contributed by atoms with van der Waals surface area (Å²) in [6, 6.07) is 4.34. The van der Waals surface area contributed by atoms with E-state index in [1.165, 1.54) is 23.5 Å². The van der Waals surface area contributed by atoms with Crippen molar-refractivity contribution in [2.24, 2.45) is 0 Å². The largest absolute Gasteiger partial charge is 0.373 e. The number of carbonyl (C=O) groups excluding carboxylic acids is 1. The van der Waals surface area contributed by atoms with Crippen LogP contribution in [0, 0.1) is 5.82 Å². The molecule has 1 fully saturated rings. The smallest absolute Gasteiger partial charge is 0.260 e. The number of carbonyl (C=O) groups is 1. The maximum absolute atomic E-state index is 13.9. The van der Waals surface area contributed by atoms with Gasteiger partial charge in [0, 0.05) is 29.5 Å². The molecular weight excluding hydrogens is 409 g/mol. The summed E-state index contributed by atoms with van der Waals surface area (Å²) >= 11 is 4.51. The van der Waals surface area contributed by atoms with Gasteiger partial charge in [-0.1, -0.05) is 15.9 Å². The van der Waals surface area contributed by atoms with E-state index in [9.17, 15) is 9.18 Å². The van der Waals surface area contributed by atoms with Gasteiger partial charge in [0.2, 0.25) is 0 Å². The van der Waals surface area contributed by atoms with Crippen molar-refractivity contribution in [2.75, 3.05) is 18.4 Å². The average molecular weight is 428 g/mol. The quantitative estimate of drug-likeness (QED) is 0.803. The minimum absolute atomic E-state index is 0.00391. The number of amides is 1. The molecule has 0 radical (unpaired) electrons. The van der Waals surface area contributed by atoms with E-state index in [4.69, 9.17) is 4.74 Å². The number of aromatic nitrogens is 1. The monoisotopic (exact) mass is 427 g/mol. The highest BCUT2D eigenvalue weighted by Gasteiger charge is 2.23. The molecule has 0 aliphatic carbocycles. The molecular formula is C17H19BrFN3O2S. The Hall–Kier alpha value is -1.35. The Kier molecular flexibility index (Phi) is 5.83. The van der Waals surface area contributed by atoms with Gasteiger partial charge in [-0.2, -0.15) is 0 Å². The van der Waals surface area contributed by atoms with Crippen molar-refractivity contribution in [3.63, 3.8) is 0 Å². The number of benzene rings is 1. The number of anilines is 1. The molecule has 0 spiro atoms. The van der Waals surface area contributed by atoms with Gasteiger partial charge in [-0.15, -0.1) is 11.3 Å². The molecule has 1 amide bonds. The summed E-state index contributed by atoms with van der Waals surface area (Å²) < 4.78 is 20.2. The predicted octanol–water partition coefficient (Wildman–Crippen LogP) is 3.91. The zero-order valence-electron chi connectivity index (χ0n) is 14.0. The summed E-state index contributed by atoms with van der Waals surface area (Å²) in [5, 5.41) is 5.05. The molecule has 0 bridgehead atoms. The van der Waals surface area contributed by atoms with E-state index in [0.29, 0.717) is 16.1 Å². The molecule has 1 aliphatic heterocycles. The van der Waals surface area contributed by atoms with Gasteiger partial charge < -0.3 is 4.74 Å². The normalized spacial score (nSPS) is 21.3. The van der Waals surface area contributed by atoms with Gasteiger partial charge in [0.15, 0.2) is 5.13 Å². The van der Waals surface area contributed by atoms with Gasteiger partial charge in [0.05, 0.1) is 23.5 Å². The van der Waals surface area contributed by atoms with Crippen LogP contribution in [0.1, 0.15) is 29.9 Å². The van der Waals surface area contributed by atoms with Crippen LogP contribution in [-0.4, -0.2) is 41.1 Å². The summed E-state index contributed by atoms with van der Waals surface area (Å²) in [5.41, 5.74) is 0.883. The highest BCUT2D eigenvalue weighted by atomic mass is 79.9. The zero-order chi connectivity index (χ0) is 18.0. The van der Waals surface area contributed by atoms with Crippen LogP contribution in [0.25, 0.3) is 0 Å². The van der Waals surface area contributed by atoms with E-state index in [0.717, 1.165) is 18.8 Å². The third-order valence-electron chi connectivity index (χ3n) is 3.83. The Balaban J connectivity index is 1.62. The van der Waals surface area contributed by atoms with E-state index in [-0.39, 0.29) is 17.8 Å². The second kappa shape index (κ2) is 7.90. The Morgan fingerprint density at radius 3 is 2.84 bits per heavy atom. The number of halogens is 2. The third-order valence-corrected chi connectivity index (χ3v) is 5.13. The number of thiazole rings is 1. The molecule has 3 rings (SSSR count). The first-order valence-corrected chi connectivity index (χ1v) is 9.66. The highest BCUT2D eigenvalue weighted by Crippen LogP contribution is 2.21. The van der Waals surface area contributed by atoms with Crippen LogP contribution < -0.4 is 5.32 Å². The maximum atomic E-state index is 13.9. The number of hydrogen-bond acceptors (Lipinski definition) is 5. The molecule has 0 saturated carbocycles. The predicted molar refractivity (Wildman–Crippen MR) is 99.5 cm³/mol. The van der Waals surface area contributed by atoms with Gasteiger partial charge in [-0.05, 0) is 32.0 Å². The lowest BCUT2D eigenvalue weighted by Gasteiger charge is -2.34. The fraction of sp³-hybridized carbons (Fsp3) is 0.412. The number of nitrogens with zero attached hydrogens (tertiary/aromatic N) is 2. The molecule has 5 nitrogen and oxygen atoms in total. The minimum Gasteiger partial charge on any atom is -0.373 e. The molecule has 1 aromatic carbocycles. The summed E-state index contributed by atoms with van der Waals surface area (Å²) in [6.45, 7) is 6.53. The van der Waals surface area contributed by atoms with E-state index in [2.05, 4.69) is 45.0 Å². The van der Waals surface area contributed by atoms with Gasteiger partial charge in [-0.3, -0.25) is 15.0 Å². The van der Waals surface area contributed by atoms with Crippen molar-refractivity contribution >= 4 is 38.3 Å². The van der Waals surface area contributed by atoms with Crippen LogP contribution in [0.3, 0.4) is 0 Å². The van der Waals surface area contributed by atoms with Crippen LogP contribution >= 0.6 is 27.3 Å². The number of hydrogen-bond donors (Lipinski definition) is 1. The molecule has 1 aliphatic rings. The van der Waals surface area contributed by atoms with Gasteiger partial charge in [0.25, 0.3) is 5.91 Å². The molecule has 134 valence electrons.